The number of phenols is 3. The third-order valence-corrected chi connectivity index (χ3v) is 5.93. The zero-order valence-corrected chi connectivity index (χ0v) is 20.0. The zero-order chi connectivity index (χ0) is 24.6. The Morgan fingerprint density at radius 1 is 0.588 bits per heavy atom. The van der Waals surface area contributed by atoms with E-state index < -0.39 is 0 Å². The maximum atomic E-state index is 10.5. The number of nitrogens with zero attached hydrogens (tertiary/aromatic N) is 1. The lowest BCUT2D eigenvalue weighted by atomic mass is 10.0. The average molecular weight is 456 g/mol. The molecule has 0 aliphatic carbocycles. The Bertz CT molecular complexity index is 1320. The Balaban J connectivity index is 1.88. The maximum Gasteiger partial charge on any atom is 0.169 e. The molecule has 0 spiro atoms. The number of anilines is 3. The summed E-state index contributed by atoms with van der Waals surface area (Å²) in [4.78, 5) is 1.99. The van der Waals surface area contributed by atoms with Gasteiger partial charge >= 0.3 is 0 Å². The van der Waals surface area contributed by atoms with Gasteiger partial charge in [0.05, 0.1) is 11.4 Å². The SMILES string of the molecule is Cc1ccc(O)c(Oc2cccc(N(c3cc(O)c(C)cc3C)c3cc(O)c(C)cc3C)c2)c1. The molecule has 0 fully saturated rings. The van der Waals surface area contributed by atoms with Crippen LogP contribution in [0.25, 0.3) is 0 Å². The molecule has 3 N–H and O–H groups in total. The van der Waals surface area contributed by atoms with Crippen molar-refractivity contribution >= 4 is 17.1 Å². The molecule has 0 unspecified atom stereocenters. The molecule has 0 atom stereocenters. The molecule has 4 aromatic carbocycles. The summed E-state index contributed by atoms with van der Waals surface area (Å²) in [6.45, 7) is 9.64. The highest BCUT2D eigenvalue weighted by atomic mass is 16.5. The van der Waals surface area contributed by atoms with Gasteiger partial charge in [0.1, 0.15) is 17.2 Å². The van der Waals surface area contributed by atoms with Gasteiger partial charge in [-0.2, -0.15) is 0 Å². The normalized spacial score (nSPS) is 10.9. The number of benzene rings is 4. The monoisotopic (exact) mass is 455 g/mol. The van der Waals surface area contributed by atoms with Gasteiger partial charge in [0.2, 0.25) is 0 Å². The van der Waals surface area contributed by atoms with E-state index in [1.54, 1.807) is 24.3 Å². The second kappa shape index (κ2) is 9.02. The van der Waals surface area contributed by atoms with E-state index in [-0.39, 0.29) is 17.2 Å². The smallest absolute Gasteiger partial charge is 0.169 e. The predicted molar refractivity (Wildman–Crippen MR) is 136 cm³/mol. The molecule has 174 valence electrons. The Hall–Kier alpha value is -4.12. The second-order valence-corrected chi connectivity index (χ2v) is 8.76. The largest absolute Gasteiger partial charge is 0.508 e. The first-order valence-electron chi connectivity index (χ1n) is 11.1. The van der Waals surface area contributed by atoms with Gasteiger partial charge in [0.15, 0.2) is 11.5 Å². The van der Waals surface area contributed by atoms with Crippen LogP contribution >= 0.6 is 0 Å². The molecule has 0 bridgehead atoms. The number of rotatable bonds is 5. The number of aryl methyl sites for hydroxylation is 5. The predicted octanol–water partition coefficient (Wildman–Crippen LogP) is 7.61. The highest BCUT2D eigenvalue weighted by molar-refractivity contribution is 5.82. The van der Waals surface area contributed by atoms with Gasteiger partial charge in [0, 0.05) is 23.9 Å². The maximum absolute atomic E-state index is 10.5. The molecule has 0 radical (unpaired) electrons. The Morgan fingerprint density at radius 3 is 1.76 bits per heavy atom. The van der Waals surface area contributed by atoms with Gasteiger partial charge in [-0.25, -0.2) is 0 Å². The van der Waals surface area contributed by atoms with E-state index in [1.807, 2.05) is 82.0 Å². The highest BCUT2D eigenvalue weighted by Crippen LogP contribution is 2.43. The first-order valence-corrected chi connectivity index (χ1v) is 11.1. The van der Waals surface area contributed by atoms with E-state index in [4.69, 9.17) is 4.74 Å². The molecule has 0 heterocycles. The van der Waals surface area contributed by atoms with Crippen molar-refractivity contribution < 1.29 is 20.1 Å². The quantitative estimate of drug-likeness (QED) is 0.289. The van der Waals surface area contributed by atoms with Crippen LogP contribution in [-0.4, -0.2) is 15.3 Å². The van der Waals surface area contributed by atoms with E-state index in [9.17, 15) is 15.3 Å². The molecule has 5 heteroatoms. The van der Waals surface area contributed by atoms with Crippen molar-refractivity contribution in [3.05, 3.63) is 94.5 Å². The van der Waals surface area contributed by atoms with Crippen molar-refractivity contribution in [1.29, 1.82) is 0 Å². The van der Waals surface area contributed by atoms with Crippen LogP contribution in [0.15, 0.2) is 66.7 Å². The van der Waals surface area contributed by atoms with Crippen LogP contribution < -0.4 is 9.64 Å². The first-order chi connectivity index (χ1) is 16.1. The number of aromatic hydroxyl groups is 3. The summed E-state index contributed by atoms with van der Waals surface area (Å²) in [5.74, 6) is 1.36. The van der Waals surface area contributed by atoms with E-state index in [0.717, 1.165) is 44.9 Å². The third kappa shape index (κ3) is 4.50. The average Bonchev–Trinajstić information content (AvgIpc) is 2.78. The van der Waals surface area contributed by atoms with Gasteiger partial charge in [-0.3, -0.25) is 0 Å². The topological polar surface area (TPSA) is 73.2 Å². The van der Waals surface area contributed by atoms with Crippen LogP contribution in [-0.2, 0) is 0 Å². The molecule has 0 saturated heterocycles. The van der Waals surface area contributed by atoms with Crippen molar-refractivity contribution in [3.63, 3.8) is 0 Å². The number of ether oxygens (including phenoxy) is 1. The van der Waals surface area contributed by atoms with Crippen LogP contribution in [0.3, 0.4) is 0 Å². The zero-order valence-electron chi connectivity index (χ0n) is 20.0. The number of phenolic OH excluding ortho intramolecular Hbond substituents is 3. The van der Waals surface area contributed by atoms with E-state index in [0.29, 0.717) is 11.5 Å². The van der Waals surface area contributed by atoms with Crippen molar-refractivity contribution in [2.24, 2.45) is 0 Å². The van der Waals surface area contributed by atoms with Crippen LogP contribution in [0.2, 0.25) is 0 Å². The molecule has 4 aromatic rings. The van der Waals surface area contributed by atoms with Crippen molar-refractivity contribution in [2.45, 2.75) is 34.6 Å². The summed E-state index contributed by atoms with van der Waals surface area (Å²) in [5, 5.41) is 31.3. The standard InChI is InChI=1S/C29H29NO4/c1-17-9-10-26(31)29(11-17)34-23-8-6-7-22(14-23)30(24-15-27(32)20(4)12-18(24)2)25-16-28(33)21(5)13-19(25)3/h6-16,31-33H,1-5H3. The third-order valence-electron chi connectivity index (χ3n) is 5.93. The Labute approximate surface area is 200 Å². The fraction of sp³-hybridized carbons (Fsp3) is 0.172. The van der Waals surface area contributed by atoms with Gasteiger partial charge < -0.3 is 25.0 Å². The Morgan fingerprint density at radius 2 is 1.18 bits per heavy atom. The van der Waals surface area contributed by atoms with E-state index in [2.05, 4.69) is 0 Å². The summed E-state index contributed by atoms with van der Waals surface area (Å²) >= 11 is 0. The molecule has 0 saturated carbocycles. The van der Waals surface area contributed by atoms with E-state index >= 15 is 0 Å². The van der Waals surface area contributed by atoms with Gasteiger partial charge in [-0.1, -0.05) is 24.3 Å². The minimum atomic E-state index is 0.0615. The molecular formula is C29H29NO4. The lowest BCUT2D eigenvalue weighted by molar-refractivity contribution is 0.411. The molecule has 0 aliphatic rings. The van der Waals surface area contributed by atoms with Crippen LogP contribution in [0.5, 0.6) is 28.7 Å². The first kappa shape index (κ1) is 23.1. The van der Waals surface area contributed by atoms with Crippen LogP contribution in [0.1, 0.15) is 27.8 Å². The molecule has 34 heavy (non-hydrogen) atoms. The van der Waals surface area contributed by atoms with E-state index in [1.165, 1.54) is 0 Å². The molecule has 0 aliphatic heterocycles. The summed E-state index contributed by atoms with van der Waals surface area (Å²) in [5.41, 5.74) is 6.84. The van der Waals surface area contributed by atoms with Crippen LogP contribution in [0, 0.1) is 34.6 Å². The summed E-state index contributed by atoms with van der Waals surface area (Å²) in [7, 11) is 0. The van der Waals surface area contributed by atoms with Gasteiger partial charge in [0.25, 0.3) is 0 Å². The highest BCUT2D eigenvalue weighted by Gasteiger charge is 2.20. The minimum Gasteiger partial charge on any atom is -0.508 e. The van der Waals surface area contributed by atoms with Crippen molar-refractivity contribution in [1.82, 2.24) is 0 Å². The fourth-order valence-electron chi connectivity index (χ4n) is 4.07. The number of hydrogen-bond acceptors (Lipinski definition) is 5. The minimum absolute atomic E-state index is 0.0615. The van der Waals surface area contributed by atoms with Gasteiger partial charge in [-0.05, 0) is 86.7 Å². The lowest BCUT2D eigenvalue weighted by Crippen LogP contribution is -2.13. The molecule has 4 rings (SSSR count). The number of hydrogen-bond donors (Lipinski definition) is 3. The lowest BCUT2D eigenvalue weighted by Gasteiger charge is -2.29. The second-order valence-electron chi connectivity index (χ2n) is 8.76. The Kier molecular flexibility index (Phi) is 6.12. The summed E-state index contributed by atoms with van der Waals surface area (Å²) in [6, 6.07) is 20.1. The fourth-order valence-corrected chi connectivity index (χ4v) is 4.07. The molecule has 0 amide bonds. The molecule has 0 aromatic heterocycles. The van der Waals surface area contributed by atoms with Crippen molar-refractivity contribution in [3.8, 4) is 28.7 Å². The molecule has 5 nitrogen and oxygen atoms in total. The summed E-state index contributed by atoms with van der Waals surface area (Å²) < 4.78 is 6.02. The summed E-state index contributed by atoms with van der Waals surface area (Å²) in [6.07, 6.45) is 0. The van der Waals surface area contributed by atoms with Gasteiger partial charge in [-0.15, -0.1) is 0 Å². The molecular weight excluding hydrogens is 426 g/mol. The van der Waals surface area contributed by atoms with Crippen molar-refractivity contribution in [2.75, 3.05) is 4.90 Å². The van der Waals surface area contributed by atoms with Crippen LogP contribution in [0.4, 0.5) is 17.1 Å².